The molecule has 0 heterocycles. The molecule has 36 heavy (non-hydrogen) atoms. The van der Waals surface area contributed by atoms with Crippen LogP contribution in [-0.4, -0.2) is 13.7 Å². The average Bonchev–Trinajstić information content (AvgIpc) is 2.79. The lowest BCUT2D eigenvalue weighted by atomic mass is 9.83. The molecule has 2 aromatic rings. The third kappa shape index (κ3) is 7.60. The monoisotopic (exact) mass is 535 g/mol. The van der Waals surface area contributed by atoms with Gasteiger partial charge in [-0.1, -0.05) is 99.0 Å². The molecule has 1 unspecified atom stereocenters. The van der Waals surface area contributed by atoms with Crippen LogP contribution in [-0.2, 0) is 15.5 Å². The first-order valence-corrected chi connectivity index (χ1v) is 15.2. The van der Waals surface area contributed by atoms with Crippen LogP contribution in [0.25, 0.3) is 0 Å². The van der Waals surface area contributed by atoms with Crippen molar-refractivity contribution >= 4 is 19.3 Å². The summed E-state index contributed by atoms with van der Waals surface area (Å²) in [5.41, 5.74) is 7.46. The number of hydrogen-bond acceptors (Lipinski definition) is 3. The van der Waals surface area contributed by atoms with Crippen LogP contribution in [0.3, 0.4) is 0 Å². The summed E-state index contributed by atoms with van der Waals surface area (Å²) in [6.45, 7) is 22.3. The summed E-state index contributed by atoms with van der Waals surface area (Å²) in [6, 6.07) is 8.67. The van der Waals surface area contributed by atoms with Crippen molar-refractivity contribution in [2.45, 2.75) is 105 Å². The van der Waals surface area contributed by atoms with E-state index in [0.717, 1.165) is 17.5 Å². The fraction of sp³-hybridized carbons (Fsp3) is 0.600. The molecule has 0 bridgehead atoms. The standard InChI is InChI=1S/C30H47ClNO3P/c1-18(2)23-14-26(20(5)6)25(27(15-23)21(7)8)12-13-32-36(33,34-11)35-30-28(22(9)10)16-24(19(3)4)17-29(30)31/h14-22H,12-13H2,1-11H3,(H,32,33). The van der Waals surface area contributed by atoms with Crippen LogP contribution in [0.5, 0.6) is 5.75 Å². The van der Waals surface area contributed by atoms with Crippen molar-refractivity contribution in [2.75, 3.05) is 13.7 Å². The molecule has 0 aliphatic rings. The van der Waals surface area contributed by atoms with E-state index in [2.05, 4.69) is 92.5 Å². The maximum atomic E-state index is 13.7. The number of halogens is 1. The summed E-state index contributed by atoms with van der Waals surface area (Å²) >= 11 is 6.64. The minimum atomic E-state index is -3.63. The lowest BCUT2D eigenvalue weighted by Crippen LogP contribution is -2.21. The second kappa shape index (κ2) is 13.0. The molecule has 202 valence electrons. The minimum Gasteiger partial charge on any atom is -0.411 e. The van der Waals surface area contributed by atoms with Gasteiger partial charge in [0.25, 0.3) is 0 Å². The number of hydrogen-bond donors (Lipinski definition) is 1. The van der Waals surface area contributed by atoms with Gasteiger partial charge in [-0.3, -0.25) is 4.52 Å². The van der Waals surface area contributed by atoms with Crippen molar-refractivity contribution in [3.63, 3.8) is 0 Å². The lowest BCUT2D eigenvalue weighted by molar-refractivity contribution is 0.308. The van der Waals surface area contributed by atoms with E-state index in [0.29, 0.717) is 41.0 Å². The Morgan fingerprint density at radius 3 is 1.61 bits per heavy atom. The normalized spacial score (nSPS) is 13.9. The first kappa shape index (κ1) is 30.9. The maximum absolute atomic E-state index is 13.7. The minimum absolute atomic E-state index is 0.156. The molecule has 0 aliphatic carbocycles. The summed E-state index contributed by atoms with van der Waals surface area (Å²) in [6.07, 6.45) is 0.729. The van der Waals surface area contributed by atoms with E-state index >= 15 is 0 Å². The van der Waals surface area contributed by atoms with E-state index in [9.17, 15) is 4.57 Å². The third-order valence-corrected chi connectivity index (χ3v) is 8.56. The Morgan fingerprint density at radius 2 is 1.19 bits per heavy atom. The Labute approximate surface area is 225 Å². The van der Waals surface area contributed by atoms with Crippen LogP contribution >= 0.6 is 19.3 Å². The molecule has 2 rings (SSSR count). The number of nitrogens with one attached hydrogen (secondary N) is 1. The average molecular weight is 536 g/mol. The topological polar surface area (TPSA) is 47.6 Å². The molecular weight excluding hydrogens is 489 g/mol. The summed E-state index contributed by atoms with van der Waals surface area (Å²) in [7, 11) is -2.22. The quantitative estimate of drug-likeness (QED) is 0.275. The molecule has 6 heteroatoms. The van der Waals surface area contributed by atoms with Gasteiger partial charge in [-0.25, -0.2) is 9.65 Å². The number of benzene rings is 2. The summed E-state index contributed by atoms with van der Waals surface area (Å²) < 4.78 is 25.1. The van der Waals surface area contributed by atoms with E-state index in [1.807, 2.05) is 6.07 Å². The fourth-order valence-corrected chi connectivity index (χ4v) is 5.89. The van der Waals surface area contributed by atoms with Gasteiger partial charge in [0.15, 0.2) is 5.75 Å². The highest BCUT2D eigenvalue weighted by Gasteiger charge is 2.29. The highest BCUT2D eigenvalue weighted by molar-refractivity contribution is 7.52. The van der Waals surface area contributed by atoms with Crippen molar-refractivity contribution in [2.24, 2.45) is 0 Å². The molecular formula is C30H47ClNO3P. The van der Waals surface area contributed by atoms with Gasteiger partial charge < -0.3 is 4.52 Å². The van der Waals surface area contributed by atoms with Crippen LogP contribution < -0.4 is 9.61 Å². The van der Waals surface area contributed by atoms with Gasteiger partial charge in [0, 0.05) is 13.7 Å². The van der Waals surface area contributed by atoms with Gasteiger partial charge in [-0.15, -0.1) is 0 Å². The highest BCUT2D eigenvalue weighted by Crippen LogP contribution is 2.49. The fourth-order valence-electron chi connectivity index (χ4n) is 4.46. The molecule has 0 radical (unpaired) electrons. The van der Waals surface area contributed by atoms with E-state index in [-0.39, 0.29) is 5.92 Å². The Balaban J connectivity index is 2.35. The van der Waals surface area contributed by atoms with Crippen molar-refractivity contribution in [1.82, 2.24) is 5.09 Å². The van der Waals surface area contributed by atoms with E-state index in [1.165, 1.54) is 29.4 Å². The van der Waals surface area contributed by atoms with Crippen LogP contribution in [0.15, 0.2) is 24.3 Å². The van der Waals surface area contributed by atoms with Gasteiger partial charge in [0.2, 0.25) is 0 Å². The SMILES string of the molecule is COP(=O)(NCCc1c(C(C)C)cc(C(C)C)cc1C(C)C)Oc1c(Cl)cc(C(C)C)cc1C(C)C. The molecule has 0 aromatic heterocycles. The van der Waals surface area contributed by atoms with Crippen LogP contribution in [0.1, 0.15) is 132 Å². The first-order valence-electron chi connectivity index (χ1n) is 13.3. The van der Waals surface area contributed by atoms with Gasteiger partial charge in [0.1, 0.15) is 0 Å². The van der Waals surface area contributed by atoms with Crippen LogP contribution in [0.4, 0.5) is 0 Å². The van der Waals surface area contributed by atoms with Gasteiger partial charge in [0.05, 0.1) is 5.02 Å². The van der Waals surface area contributed by atoms with Crippen molar-refractivity contribution in [3.05, 3.63) is 62.7 Å². The van der Waals surface area contributed by atoms with Gasteiger partial charge in [-0.2, -0.15) is 0 Å². The second-order valence-electron chi connectivity index (χ2n) is 11.3. The molecule has 1 atom stereocenters. The Kier molecular flexibility index (Phi) is 11.1. The maximum Gasteiger partial charge on any atom is 0.458 e. The number of rotatable bonds is 12. The molecule has 0 saturated carbocycles. The van der Waals surface area contributed by atoms with Crippen molar-refractivity contribution < 1.29 is 13.6 Å². The molecule has 4 nitrogen and oxygen atoms in total. The zero-order chi connectivity index (χ0) is 27.4. The Bertz CT molecular complexity index is 1050. The second-order valence-corrected chi connectivity index (χ2v) is 13.6. The third-order valence-electron chi connectivity index (χ3n) is 6.77. The largest absolute Gasteiger partial charge is 0.458 e. The molecule has 0 fully saturated rings. The van der Waals surface area contributed by atoms with Crippen molar-refractivity contribution in [1.29, 1.82) is 0 Å². The summed E-state index contributed by atoms with van der Waals surface area (Å²) in [5, 5.41) is 3.55. The Morgan fingerprint density at radius 1 is 0.750 bits per heavy atom. The molecule has 0 amide bonds. The van der Waals surface area contributed by atoms with E-state index < -0.39 is 7.75 Å². The van der Waals surface area contributed by atoms with E-state index in [1.54, 1.807) is 0 Å². The smallest absolute Gasteiger partial charge is 0.411 e. The Hall–Kier alpha value is -1.32. The molecule has 0 saturated heterocycles. The van der Waals surface area contributed by atoms with Crippen LogP contribution in [0, 0.1) is 0 Å². The lowest BCUT2D eigenvalue weighted by Gasteiger charge is -2.25. The highest BCUT2D eigenvalue weighted by atomic mass is 35.5. The summed E-state index contributed by atoms with van der Waals surface area (Å²) in [4.78, 5) is 0. The van der Waals surface area contributed by atoms with E-state index in [4.69, 9.17) is 20.6 Å². The molecule has 0 aliphatic heterocycles. The zero-order valence-electron chi connectivity index (χ0n) is 24.2. The molecule has 1 N–H and O–H groups in total. The predicted octanol–water partition coefficient (Wildman–Crippen LogP) is 9.92. The first-order chi connectivity index (χ1) is 16.7. The zero-order valence-corrected chi connectivity index (χ0v) is 25.8. The van der Waals surface area contributed by atoms with Crippen LogP contribution in [0.2, 0.25) is 5.02 Å². The summed E-state index contributed by atoms with van der Waals surface area (Å²) in [5.74, 6) is 2.18. The van der Waals surface area contributed by atoms with Crippen molar-refractivity contribution in [3.8, 4) is 5.75 Å². The predicted molar refractivity (Wildman–Crippen MR) is 155 cm³/mol. The molecule has 2 aromatic carbocycles. The van der Waals surface area contributed by atoms with Gasteiger partial charge >= 0.3 is 7.75 Å². The van der Waals surface area contributed by atoms with Gasteiger partial charge in [-0.05, 0) is 75.5 Å². The molecule has 0 spiro atoms.